The molecule has 2 aliphatic rings. The number of rotatable bonds is 10. The smallest absolute Gasteiger partial charge is 0.232 e. The van der Waals surface area contributed by atoms with Crippen molar-refractivity contribution in [2.24, 2.45) is 0 Å². The van der Waals surface area contributed by atoms with Crippen molar-refractivity contribution in [2.45, 2.75) is 38.6 Å². The van der Waals surface area contributed by atoms with Crippen LogP contribution in [0.2, 0.25) is 5.02 Å². The molecule has 0 radical (unpaired) electrons. The molecule has 15 heteroatoms. The van der Waals surface area contributed by atoms with Gasteiger partial charge in [0.2, 0.25) is 16.0 Å². The molecule has 4 heterocycles. The van der Waals surface area contributed by atoms with E-state index in [0.29, 0.717) is 40.1 Å². The average Bonchev–Trinajstić information content (AvgIpc) is 3.09. The van der Waals surface area contributed by atoms with E-state index in [4.69, 9.17) is 16.3 Å². The molecule has 2 aliphatic heterocycles. The Balaban J connectivity index is 1.26. The molecule has 0 aliphatic carbocycles. The molecule has 2 N–H and O–H groups in total. The van der Waals surface area contributed by atoms with Crippen LogP contribution in [-0.2, 0) is 10.0 Å². The molecule has 2 aromatic carbocycles. The van der Waals surface area contributed by atoms with Gasteiger partial charge in [-0.3, -0.25) is 19.2 Å². The number of aromatic nitrogens is 4. The summed E-state index contributed by atoms with van der Waals surface area (Å²) >= 11 is 6.58. The molecule has 2 fully saturated rings. The number of nitrogens with one attached hydrogen (secondary N) is 2. The van der Waals surface area contributed by atoms with Crippen LogP contribution in [0.4, 0.5) is 34.5 Å². The number of ether oxygens (including phenoxy) is 1. The molecule has 4 aromatic rings. The van der Waals surface area contributed by atoms with Gasteiger partial charge >= 0.3 is 0 Å². The average molecular weight is 709 g/mol. The number of piperazine rings is 1. The molecule has 2 aromatic heterocycles. The lowest BCUT2D eigenvalue weighted by atomic mass is 9.96. The van der Waals surface area contributed by atoms with E-state index in [9.17, 15) is 8.42 Å². The van der Waals surface area contributed by atoms with E-state index in [0.717, 1.165) is 68.4 Å². The van der Waals surface area contributed by atoms with Crippen LogP contribution in [0.5, 0.6) is 5.75 Å². The Bertz CT molecular complexity index is 1910. The standard InChI is InChI=1S/C34H45ClN10O3S/c1-22(2)24-19-28(30(48-5)20-29(24)45-13-9-23(10-14-45)44-17-15-42(3)16-18-44)40-34-38-21-25(35)33(41-34)39-27-8-7-26-31(37-12-11-36-26)32(27)43(4)49(6,46)47/h7-8,11-12,19-23H,9-10,13-18H2,1-6H3,(H2,38,39,40,41). The zero-order valence-electron chi connectivity index (χ0n) is 28.9. The summed E-state index contributed by atoms with van der Waals surface area (Å²) in [7, 11) is 1.70. The lowest BCUT2D eigenvalue weighted by Crippen LogP contribution is -2.52. The van der Waals surface area contributed by atoms with E-state index in [-0.39, 0.29) is 16.8 Å². The number of hydrogen-bond donors (Lipinski definition) is 2. The summed E-state index contributed by atoms with van der Waals surface area (Å²) in [5, 5.41) is 6.81. The predicted molar refractivity (Wildman–Crippen MR) is 198 cm³/mol. The van der Waals surface area contributed by atoms with Crippen LogP contribution in [-0.4, -0.2) is 111 Å². The second kappa shape index (κ2) is 14.5. The number of halogens is 1. The summed E-state index contributed by atoms with van der Waals surface area (Å²) in [5.41, 5.74) is 4.85. The molecule has 2 saturated heterocycles. The maximum absolute atomic E-state index is 12.6. The van der Waals surface area contributed by atoms with Gasteiger partial charge in [0.1, 0.15) is 22.0 Å². The fourth-order valence-corrected chi connectivity index (χ4v) is 7.27. The molecule has 0 unspecified atom stereocenters. The first-order valence-corrected chi connectivity index (χ1v) is 18.8. The summed E-state index contributed by atoms with van der Waals surface area (Å²) in [5.74, 6) is 1.52. The Morgan fingerprint density at radius 2 is 1.69 bits per heavy atom. The first-order chi connectivity index (χ1) is 23.4. The second-order valence-electron chi connectivity index (χ2n) is 13.1. The Kier molecular flexibility index (Phi) is 10.3. The number of methoxy groups -OCH3 is 1. The van der Waals surface area contributed by atoms with E-state index >= 15 is 0 Å². The molecule has 0 saturated carbocycles. The molecular formula is C34H45ClN10O3S. The van der Waals surface area contributed by atoms with Crippen LogP contribution < -0.4 is 24.6 Å². The van der Waals surface area contributed by atoms with Gasteiger partial charge in [0.15, 0.2) is 5.82 Å². The van der Waals surface area contributed by atoms with Gasteiger partial charge in [-0.15, -0.1) is 0 Å². The number of likely N-dealkylation sites (N-methyl/N-ethyl adjacent to an activating group) is 1. The van der Waals surface area contributed by atoms with Crippen molar-refractivity contribution < 1.29 is 13.2 Å². The van der Waals surface area contributed by atoms with Crippen molar-refractivity contribution in [2.75, 3.05) is 86.6 Å². The predicted octanol–water partition coefficient (Wildman–Crippen LogP) is 5.30. The van der Waals surface area contributed by atoms with Gasteiger partial charge in [-0.25, -0.2) is 13.4 Å². The molecule has 0 atom stereocenters. The monoisotopic (exact) mass is 708 g/mol. The topological polar surface area (TPSA) is 132 Å². The number of piperidine rings is 1. The first-order valence-electron chi connectivity index (χ1n) is 16.6. The van der Waals surface area contributed by atoms with Crippen LogP contribution in [0.15, 0.2) is 42.9 Å². The van der Waals surface area contributed by atoms with Gasteiger partial charge in [0.25, 0.3) is 0 Å². The van der Waals surface area contributed by atoms with Crippen molar-refractivity contribution in [3.8, 4) is 5.75 Å². The normalized spacial score (nSPS) is 16.7. The zero-order valence-corrected chi connectivity index (χ0v) is 30.5. The highest BCUT2D eigenvalue weighted by atomic mass is 35.5. The number of sulfonamides is 1. The van der Waals surface area contributed by atoms with E-state index in [1.807, 2.05) is 0 Å². The Labute approximate surface area is 293 Å². The maximum atomic E-state index is 12.6. The highest BCUT2D eigenvalue weighted by Crippen LogP contribution is 2.40. The van der Waals surface area contributed by atoms with Crippen molar-refractivity contribution in [1.82, 2.24) is 29.7 Å². The number of fused-ring (bicyclic) bond motifs is 1. The highest BCUT2D eigenvalue weighted by Gasteiger charge is 2.29. The Morgan fingerprint density at radius 1 is 0.980 bits per heavy atom. The lowest BCUT2D eigenvalue weighted by molar-refractivity contribution is 0.0982. The van der Waals surface area contributed by atoms with Gasteiger partial charge in [-0.05, 0) is 49.6 Å². The molecular weight excluding hydrogens is 664 g/mol. The molecule has 6 rings (SSSR count). The van der Waals surface area contributed by atoms with Gasteiger partial charge in [-0.1, -0.05) is 25.4 Å². The van der Waals surface area contributed by atoms with E-state index in [1.165, 1.54) is 30.7 Å². The molecule has 49 heavy (non-hydrogen) atoms. The van der Waals surface area contributed by atoms with E-state index in [2.05, 4.69) is 78.3 Å². The molecule has 0 spiro atoms. The summed E-state index contributed by atoms with van der Waals surface area (Å²) in [6, 6.07) is 8.35. The Hall–Kier alpha value is -3.98. The molecule has 13 nitrogen and oxygen atoms in total. The number of nitrogens with zero attached hydrogens (tertiary/aromatic N) is 8. The van der Waals surface area contributed by atoms with Crippen molar-refractivity contribution in [3.63, 3.8) is 0 Å². The molecule has 0 amide bonds. The maximum Gasteiger partial charge on any atom is 0.232 e. The third-order valence-electron chi connectivity index (χ3n) is 9.50. The van der Waals surface area contributed by atoms with E-state index < -0.39 is 10.0 Å². The fourth-order valence-electron chi connectivity index (χ4n) is 6.62. The van der Waals surface area contributed by atoms with Gasteiger partial charge in [-0.2, -0.15) is 4.98 Å². The molecule has 262 valence electrons. The van der Waals surface area contributed by atoms with Gasteiger partial charge < -0.3 is 25.2 Å². The van der Waals surface area contributed by atoms with Crippen LogP contribution in [0.3, 0.4) is 0 Å². The van der Waals surface area contributed by atoms with E-state index in [1.54, 1.807) is 25.4 Å². The largest absolute Gasteiger partial charge is 0.494 e. The van der Waals surface area contributed by atoms with Crippen LogP contribution in [0, 0.1) is 0 Å². The number of anilines is 6. The van der Waals surface area contributed by atoms with Gasteiger partial charge in [0.05, 0.1) is 36.5 Å². The summed E-state index contributed by atoms with van der Waals surface area (Å²) in [6.07, 6.45) is 7.99. The number of benzene rings is 2. The third-order valence-corrected chi connectivity index (χ3v) is 11.0. The van der Waals surface area contributed by atoms with Crippen LogP contribution in [0.1, 0.15) is 38.2 Å². The minimum atomic E-state index is -3.64. The molecule has 0 bridgehead atoms. The SMILES string of the molecule is COc1cc(N2CCC(N3CCN(C)CC3)CC2)c(C(C)C)cc1Nc1ncc(Cl)c(Nc2ccc3nccnc3c2N(C)S(C)(=O)=O)n1. The summed E-state index contributed by atoms with van der Waals surface area (Å²) in [6.45, 7) is 11.0. The quantitative estimate of drug-likeness (QED) is 0.222. The summed E-state index contributed by atoms with van der Waals surface area (Å²) in [4.78, 5) is 25.5. The minimum Gasteiger partial charge on any atom is -0.494 e. The van der Waals surface area contributed by atoms with Crippen molar-refractivity contribution in [1.29, 1.82) is 0 Å². The fraction of sp³-hybridized carbons (Fsp3) is 0.471. The first kappa shape index (κ1) is 34.9. The van der Waals surface area contributed by atoms with Crippen LogP contribution >= 0.6 is 11.6 Å². The number of hydrogen-bond acceptors (Lipinski definition) is 12. The third kappa shape index (κ3) is 7.62. The van der Waals surface area contributed by atoms with Gasteiger partial charge in [0, 0.05) is 76.5 Å². The Morgan fingerprint density at radius 3 is 2.37 bits per heavy atom. The minimum absolute atomic E-state index is 0.253. The summed E-state index contributed by atoms with van der Waals surface area (Å²) < 4.78 is 32.3. The lowest BCUT2D eigenvalue weighted by Gasteiger charge is -2.43. The second-order valence-corrected chi connectivity index (χ2v) is 15.5. The van der Waals surface area contributed by atoms with Crippen molar-refractivity contribution >= 4 is 67.2 Å². The zero-order chi connectivity index (χ0) is 34.9. The van der Waals surface area contributed by atoms with Crippen molar-refractivity contribution in [3.05, 3.63) is 53.4 Å². The van der Waals surface area contributed by atoms with Crippen LogP contribution in [0.25, 0.3) is 11.0 Å². The highest BCUT2D eigenvalue weighted by molar-refractivity contribution is 7.92.